The first-order valence-corrected chi connectivity index (χ1v) is 6.30. The minimum atomic E-state index is -0.130. The lowest BCUT2D eigenvalue weighted by Gasteiger charge is -2.19. The number of fused-ring (bicyclic) bond motifs is 1. The number of nitrogens with two attached hydrogens (primary N) is 1. The van der Waals surface area contributed by atoms with Gasteiger partial charge in [0.15, 0.2) is 0 Å². The zero-order chi connectivity index (χ0) is 12.5. The van der Waals surface area contributed by atoms with Gasteiger partial charge in [0.05, 0.1) is 18.9 Å². The molecule has 0 bridgehead atoms. The van der Waals surface area contributed by atoms with Crippen molar-refractivity contribution in [3.63, 3.8) is 0 Å². The molecule has 1 aliphatic rings. The van der Waals surface area contributed by atoms with Gasteiger partial charge >= 0.3 is 0 Å². The van der Waals surface area contributed by atoms with Crippen LogP contribution in [0.3, 0.4) is 0 Å². The van der Waals surface area contributed by atoms with Crippen LogP contribution in [-0.2, 0) is 6.42 Å². The number of aryl methyl sites for hydroxylation is 2. The molecular formula is C15H17NO2. The molecule has 3 heteroatoms. The van der Waals surface area contributed by atoms with Gasteiger partial charge in [0, 0.05) is 5.56 Å². The Morgan fingerprint density at radius 1 is 1.22 bits per heavy atom. The third-order valence-corrected chi connectivity index (χ3v) is 3.40. The molecule has 2 aromatic rings. The van der Waals surface area contributed by atoms with Crippen molar-refractivity contribution in [2.75, 3.05) is 6.61 Å². The van der Waals surface area contributed by atoms with Crippen LogP contribution in [0.15, 0.2) is 34.9 Å². The van der Waals surface area contributed by atoms with Crippen molar-refractivity contribution >= 4 is 0 Å². The van der Waals surface area contributed by atoms with E-state index < -0.39 is 0 Å². The Kier molecular flexibility index (Phi) is 2.84. The van der Waals surface area contributed by atoms with Crippen LogP contribution in [0.2, 0.25) is 0 Å². The van der Waals surface area contributed by atoms with E-state index in [4.69, 9.17) is 14.9 Å². The maximum atomic E-state index is 6.26. The molecule has 0 aliphatic carbocycles. The average molecular weight is 243 g/mol. The zero-order valence-corrected chi connectivity index (χ0v) is 10.5. The third kappa shape index (κ3) is 2.02. The number of furan rings is 1. The summed E-state index contributed by atoms with van der Waals surface area (Å²) >= 11 is 0. The molecule has 2 N–H and O–H groups in total. The first-order valence-electron chi connectivity index (χ1n) is 6.30. The van der Waals surface area contributed by atoms with Gasteiger partial charge in [0.2, 0.25) is 0 Å². The Morgan fingerprint density at radius 2 is 2.11 bits per heavy atom. The lowest BCUT2D eigenvalue weighted by Crippen LogP contribution is -2.13. The summed E-state index contributed by atoms with van der Waals surface area (Å²) in [5, 5.41) is 0. The van der Waals surface area contributed by atoms with Gasteiger partial charge < -0.3 is 14.9 Å². The number of rotatable bonds is 2. The highest BCUT2D eigenvalue weighted by Crippen LogP contribution is 2.29. The summed E-state index contributed by atoms with van der Waals surface area (Å²) in [5.74, 6) is 1.89. The van der Waals surface area contributed by atoms with Crippen molar-refractivity contribution < 1.29 is 9.15 Å². The molecule has 1 aromatic carbocycles. The lowest BCUT2D eigenvalue weighted by atomic mass is 9.97. The molecule has 2 heterocycles. The molecule has 0 saturated heterocycles. The van der Waals surface area contributed by atoms with Gasteiger partial charge in [-0.05, 0) is 43.0 Å². The van der Waals surface area contributed by atoms with Crippen molar-refractivity contribution in [1.82, 2.24) is 0 Å². The predicted octanol–water partition coefficient (Wildman–Crippen LogP) is 2.96. The van der Waals surface area contributed by atoms with Crippen LogP contribution in [0.1, 0.15) is 34.9 Å². The van der Waals surface area contributed by atoms with E-state index in [9.17, 15) is 0 Å². The Bertz CT molecular complexity index is 559. The molecule has 0 radical (unpaired) electrons. The molecule has 0 spiro atoms. The van der Waals surface area contributed by atoms with Gasteiger partial charge in [-0.2, -0.15) is 0 Å². The van der Waals surface area contributed by atoms with Gasteiger partial charge in [-0.1, -0.05) is 12.1 Å². The summed E-state index contributed by atoms with van der Waals surface area (Å²) in [6, 6.07) is 8.07. The molecule has 1 aliphatic heterocycles. The fourth-order valence-electron chi connectivity index (χ4n) is 2.39. The van der Waals surface area contributed by atoms with E-state index >= 15 is 0 Å². The SMILES string of the molecule is Cc1cc(C(N)c2ccc3c(c2)CCCO3)co1. The van der Waals surface area contributed by atoms with E-state index in [0.717, 1.165) is 42.1 Å². The van der Waals surface area contributed by atoms with Crippen LogP contribution in [-0.4, -0.2) is 6.61 Å². The van der Waals surface area contributed by atoms with E-state index in [-0.39, 0.29) is 6.04 Å². The minimum Gasteiger partial charge on any atom is -0.493 e. The second kappa shape index (κ2) is 4.50. The Labute approximate surface area is 107 Å². The predicted molar refractivity (Wildman–Crippen MR) is 69.7 cm³/mol. The molecule has 3 nitrogen and oxygen atoms in total. The molecule has 1 unspecified atom stereocenters. The fourth-order valence-corrected chi connectivity index (χ4v) is 2.39. The van der Waals surface area contributed by atoms with Crippen molar-refractivity contribution in [2.45, 2.75) is 25.8 Å². The molecular weight excluding hydrogens is 226 g/mol. The molecule has 0 fully saturated rings. The first-order chi connectivity index (χ1) is 8.74. The summed E-state index contributed by atoms with van der Waals surface area (Å²) in [6.45, 7) is 2.75. The van der Waals surface area contributed by atoms with E-state index in [0.29, 0.717) is 0 Å². The molecule has 3 rings (SSSR count). The highest BCUT2D eigenvalue weighted by molar-refractivity contribution is 5.42. The normalized spacial score (nSPS) is 15.9. The van der Waals surface area contributed by atoms with Crippen LogP contribution >= 0.6 is 0 Å². The van der Waals surface area contributed by atoms with Crippen LogP contribution in [0.25, 0.3) is 0 Å². The largest absolute Gasteiger partial charge is 0.493 e. The van der Waals surface area contributed by atoms with Crippen LogP contribution < -0.4 is 10.5 Å². The highest BCUT2D eigenvalue weighted by Gasteiger charge is 2.15. The van der Waals surface area contributed by atoms with Crippen molar-refractivity contribution in [3.8, 4) is 5.75 Å². The maximum Gasteiger partial charge on any atom is 0.122 e. The number of ether oxygens (including phenoxy) is 1. The summed E-state index contributed by atoms with van der Waals surface area (Å²) < 4.78 is 10.9. The lowest BCUT2D eigenvalue weighted by molar-refractivity contribution is 0.288. The van der Waals surface area contributed by atoms with Gasteiger partial charge in [0.25, 0.3) is 0 Å². The van der Waals surface area contributed by atoms with Crippen LogP contribution in [0.5, 0.6) is 5.75 Å². The van der Waals surface area contributed by atoms with E-state index in [1.54, 1.807) is 6.26 Å². The zero-order valence-electron chi connectivity index (χ0n) is 10.5. The molecule has 0 saturated carbocycles. The maximum absolute atomic E-state index is 6.26. The Hall–Kier alpha value is -1.74. The summed E-state index contributed by atoms with van der Waals surface area (Å²) in [5.41, 5.74) is 9.65. The highest BCUT2D eigenvalue weighted by atomic mass is 16.5. The van der Waals surface area contributed by atoms with E-state index in [1.807, 2.05) is 25.1 Å². The smallest absolute Gasteiger partial charge is 0.122 e. The molecule has 94 valence electrons. The number of hydrogen-bond acceptors (Lipinski definition) is 3. The Morgan fingerprint density at radius 3 is 2.89 bits per heavy atom. The quantitative estimate of drug-likeness (QED) is 0.882. The van der Waals surface area contributed by atoms with E-state index in [2.05, 4.69) is 6.07 Å². The van der Waals surface area contributed by atoms with Gasteiger partial charge in [-0.15, -0.1) is 0 Å². The van der Waals surface area contributed by atoms with Gasteiger partial charge in [-0.25, -0.2) is 0 Å². The van der Waals surface area contributed by atoms with Crippen molar-refractivity contribution in [1.29, 1.82) is 0 Å². The van der Waals surface area contributed by atoms with Crippen molar-refractivity contribution in [2.24, 2.45) is 5.73 Å². The van der Waals surface area contributed by atoms with Crippen LogP contribution in [0.4, 0.5) is 0 Å². The summed E-state index contributed by atoms with van der Waals surface area (Å²) in [4.78, 5) is 0. The monoisotopic (exact) mass is 243 g/mol. The molecule has 1 atom stereocenters. The fraction of sp³-hybridized carbons (Fsp3) is 0.333. The van der Waals surface area contributed by atoms with E-state index in [1.165, 1.54) is 5.56 Å². The van der Waals surface area contributed by atoms with Gasteiger partial charge in [-0.3, -0.25) is 0 Å². The standard InChI is InChI=1S/C15H17NO2/c1-10-7-13(9-18-10)15(16)12-4-5-14-11(8-12)3-2-6-17-14/h4-5,7-9,15H,2-3,6,16H2,1H3. The van der Waals surface area contributed by atoms with Crippen LogP contribution in [0, 0.1) is 6.92 Å². The molecule has 0 amide bonds. The topological polar surface area (TPSA) is 48.4 Å². The average Bonchev–Trinajstić information content (AvgIpc) is 2.84. The number of hydrogen-bond donors (Lipinski definition) is 1. The summed E-state index contributed by atoms with van der Waals surface area (Å²) in [7, 11) is 0. The number of benzene rings is 1. The summed E-state index contributed by atoms with van der Waals surface area (Å²) in [6.07, 6.45) is 3.88. The second-order valence-corrected chi connectivity index (χ2v) is 4.79. The Balaban J connectivity index is 1.92. The van der Waals surface area contributed by atoms with Gasteiger partial charge in [0.1, 0.15) is 11.5 Å². The molecule has 1 aromatic heterocycles. The third-order valence-electron chi connectivity index (χ3n) is 3.40. The minimum absolute atomic E-state index is 0.130. The molecule has 18 heavy (non-hydrogen) atoms. The van der Waals surface area contributed by atoms with Crippen molar-refractivity contribution in [3.05, 3.63) is 53.0 Å². The first kappa shape index (κ1) is 11.4. The second-order valence-electron chi connectivity index (χ2n) is 4.79.